The van der Waals surface area contributed by atoms with Crippen LogP contribution in [0.25, 0.3) is 0 Å². The number of hydrogen-bond donors (Lipinski definition) is 1. The van der Waals surface area contributed by atoms with Crippen LogP contribution in [0.1, 0.15) is 25.7 Å². The molecule has 1 N–H and O–H groups in total. The van der Waals surface area contributed by atoms with Crippen molar-refractivity contribution in [1.82, 2.24) is 15.3 Å². The van der Waals surface area contributed by atoms with Gasteiger partial charge in [-0.1, -0.05) is 0 Å². The molecule has 3 heterocycles. The second-order valence-electron chi connectivity index (χ2n) is 5.08. The molecule has 0 spiro atoms. The van der Waals surface area contributed by atoms with E-state index in [2.05, 4.69) is 20.2 Å². The van der Waals surface area contributed by atoms with Crippen LogP contribution >= 0.6 is 0 Å². The lowest BCUT2D eigenvalue weighted by Gasteiger charge is -2.34. The number of aromatic nitrogens is 2. The Labute approximate surface area is 102 Å². The second-order valence-corrected chi connectivity index (χ2v) is 5.08. The number of anilines is 1. The maximum Gasteiger partial charge on any atom is 0.225 e. The van der Waals surface area contributed by atoms with Gasteiger partial charge in [-0.2, -0.15) is 0 Å². The van der Waals surface area contributed by atoms with Crippen LogP contribution < -0.4 is 10.2 Å². The summed E-state index contributed by atoms with van der Waals surface area (Å²) in [7, 11) is 0. The molecular formula is C13H20N4. The van der Waals surface area contributed by atoms with Gasteiger partial charge in [0.2, 0.25) is 5.95 Å². The highest BCUT2D eigenvalue weighted by atomic mass is 15.2. The van der Waals surface area contributed by atoms with Gasteiger partial charge in [-0.3, -0.25) is 0 Å². The molecule has 0 aliphatic carbocycles. The molecule has 17 heavy (non-hydrogen) atoms. The maximum absolute atomic E-state index is 4.32. The molecule has 1 atom stereocenters. The normalized spacial score (nSPS) is 26.4. The second kappa shape index (κ2) is 5.00. The fourth-order valence-corrected chi connectivity index (χ4v) is 3.07. The van der Waals surface area contributed by atoms with Gasteiger partial charge in [0.1, 0.15) is 0 Å². The number of hydrogen-bond acceptors (Lipinski definition) is 4. The van der Waals surface area contributed by atoms with Crippen molar-refractivity contribution in [3.05, 3.63) is 18.5 Å². The standard InChI is InChI=1S/C13H20N4/c1-3-12(14-6-1)11-4-9-17(10-5-11)13-15-7-2-8-16-13/h2,7-8,11-12,14H,1,3-6,9-10H2. The molecule has 2 fully saturated rings. The minimum atomic E-state index is 0.772. The molecule has 0 bridgehead atoms. The monoisotopic (exact) mass is 232 g/mol. The van der Waals surface area contributed by atoms with Crippen LogP contribution in [0.5, 0.6) is 0 Å². The van der Waals surface area contributed by atoms with E-state index >= 15 is 0 Å². The average molecular weight is 232 g/mol. The van der Waals surface area contributed by atoms with Crippen LogP contribution in [0.3, 0.4) is 0 Å². The molecule has 0 saturated carbocycles. The predicted molar refractivity (Wildman–Crippen MR) is 68.0 cm³/mol. The average Bonchev–Trinajstić information content (AvgIpc) is 2.94. The summed E-state index contributed by atoms with van der Waals surface area (Å²) in [6.45, 7) is 3.42. The zero-order chi connectivity index (χ0) is 11.5. The van der Waals surface area contributed by atoms with E-state index in [1.807, 2.05) is 18.5 Å². The van der Waals surface area contributed by atoms with Crippen molar-refractivity contribution in [3.63, 3.8) is 0 Å². The number of rotatable bonds is 2. The van der Waals surface area contributed by atoms with Gasteiger partial charge in [-0.15, -0.1) is 0 Å². The van der Waals surface area contributed by atoms with E-state index in [0.717, 1.165) is 31.0 Å². The van der Waals surface area contributed by atoms with Crippen molar-refractivity contribution in [3.8, 4) is 0 Å². The lowest BCUT2D eigenvalue weighted by Crippen LogP contribution is -2.41. The van der Waals surface area contributed by atoms with Crippen molar-refractivity contribution < 1.29 is 0 Å². The first kappa shape index (κ1) is 11.0. The third-order valence-electron chi connectivity index (χ3n) is 4.04. The van der Waals surface area contributed by atoms with Crippen molar-refractivity contribution in [2.24, 2.45) is 5.92 Å². The molecule has 2 aliphatic rings. The Hall–Kier alpha value is -1.16. The first-order valence-corrected chi connectivity index (χ1v) is 6.69. The topological polar surface area (TPSA) is 41.1 Å². The van der Waals surface area contributed by atoms with Crippen LogP contribution in [0.15, 0.2) is 18.5 Å². The van der Waals surface area contributed by atoms with E-state index in [4.69, 9.17) is 0 Å². The molecule has 4 heteroatoms. The van der Waals surface area contributed by atoms with Crippen molar-refractivity contribution in [2.45, 2.75) is 31.7 Å². The Kier molecular flexibility index (Phi) is 3.22. The Morgan fingerprint density at radius 2 is 1.88 bits per heavy atom. The summed E-state index contributed by atoms with van der Waals surface area (Å²) in [6, 6.07) is 2.65. The van der Waals surface area contributed by atoms with Gasteiger partial charge in [0.15, 0.2) is 0 Å². The number of nitrogens with one attached hydrogen (secondary N) is 1. The minimum Gasteiger partial charge on any atom is -0.341 e. The highest BCUT2D eigenvalue weighted by molar-refractivity contribution is 5.28. The van der Waals surface area contributed by atoms with Gasteiger partial charge in [0.05, 0.1) is 0 Å². The zero-order valence-corrected chi connectivity index (χ0v) is 10.2. The maximum atomic E-state index is 4.32. The van der Waals surface area contributed by atoms with E-state index in [0.29, 0.717) is 0 Å². The molecule has 1 aromatic heterocycles. The summed E-state index contributed by atoms with van der Waals surface area (Å²) >= 11 is 0. The zero-order valence-electron chi connectivity index (χ0n) is 10.2. The van der Waals surface area contributed by atoms with Crippen molar-refractivity contribution in [2.75, 3.05) is 24.5 Å². The van der Waals surface area contributed by atoms with Gasteiger partial charge < -0.3 is 10.2 Å². The lowest BCUT2D eigenvalue weighted by molar-refractivity contribution is 0.317. The Balaban J connectivity index is 1.57. The van der Waals surface area contributed by atoms with E-state index in [1.165, 1.54) is 32.2 Å². The van der Waals surface area contributed by atoms with Crippen LogP contribution in [0.2, 0.25) is 0 Å². The third kappa shape index (κ3) is 2.41. The van der Waals surface area contributed by atoms with Crippen LogP contribution in [-0.4, -0.2) is 35.6 Å². The molecule has 0 aromatic carbocycles. The first-order chi connectivity index (χ1) is 8.43. The molecular weight excluding hydrogens is 212 g/mol. The highest BCUT2D eigenvalue weighted by Gasteiger charge is 2.28. The molecule has 2 aliphatic heterocycles. The summed E-state index contributed by atoms with van der Waals surface area (Å²) < 4.78 is 0. The van der Waals surface area contributed by atoms with Gasteiger partial charge in [0, 0.05) is 31.5 Å². The molecule has 0 radical (unpaired) electrons. The largest absolute Gasteiger partial charge is 0.341 e. The van der Waals surface area contributed by atoms with Crippen LogP contribution in [0.4, 0.5) is 5.95 Å². The van der Waals surface area contributed by atoms with Gasteiger partial charge >= 0.3 is 0 Å². The molecule has 1 aromatic rings. The van der Waals surface area contributed by atoms with E-state index < -0.39 is 0 Å². The third-order valence-corrected chi connectivity index (χ3v) is 4.04. The Morgan fingerprint density at radius 1 is 1.12 bits per heavy atom. The Bertz CT molecular complexity index is 340. The molecule has 0 amide bonds. The number of piperidine rings is 1. The molecule has 4 nitrogen and oxygen atoms in total. The van der Waals surface area contributed by atoms with Gasteiger partial charge in [-0.05, 0) is 44.2 Å². The fraction of sp³-hybridized carbons (Fsp3) is 0.692. The molecule has 92 valence electrons. The smallest absolute Gasteiger partial charge is 0.225 e. The van der Waals surface area contributed by atoms with Crippen molar-refractivity contribution >= 4 is 5.95 Å². The quantitative estimate of drug-likeness (QED) is 0.838. The SMILES string of the molecule is c1cnc(N2CCC(C3CCCN3)CC2)nc1. The summed E-state index contributed by atoms with van der Waals surface area (Å²) in [6.07, 6.45) is 8.92. The fourth-order valence-electron chi connectivity index (χ4n) is 3.07. The lowest BCUT2D eigenvalue weighted by atomic mass is 9.89. The van der Waals surface area contributed by atoms with E-state index in [9.17, 15) is 0 Å². The van der Waals surface area contributed by atoms with E-state index in [-0.39, 0.29) is 0 Å². The molecule has 2 saturated heterocycles. The molecule has 3 rings (SSSR count). The first-order valence-electron chi connectivity index (χ1n) is 6.69. The highest BCUT2D eigenvalue weighted by Crippen LogP contribution is 2.26. The summed E-state index contributed by atoms with van der Waals surface area (Å²) in [5.74, 6) is 1.75. The van der Waals surface area contributed by atoms with Crippen LogP contribution in [0, 0.1) is 5.92 Å². The Morgan fingerprint density at radius 3 is 2.53 bits per heavy atom. The minimum absolute atomic E-state index is 0.772. The predicted octanol–water partition coefficient (Wildman–Crippen LogP) is 1.44. The van der Waals surface area contributed by atoms with Crippen LogP contribution in [-0.2, 0) is 0 Å². The van der Waals surface area contributed by atoms with Gasteiger partial charge in [0.25, 0.3) is 0 Å². The van der Waals surface area contributed by atoms with Crippen molar-refractivity contribution in [1.29, 1.82) is 0 Å². The van der Waals surface area contributed by atoms with Gasteiger partial charge in [-0.25, -0.2) is 9.97 Å². The number of nitrogens with zero attached hydrogens (tertiary/aromatic N) is 3. The van der Waals surface area contributed by atoms with E-state index in [1.54, 1.807) is 0 Å². The molecule has 1 unspecified atom stereocenters. The summed E-state index contributed by atoms with van der Waals surface area (Å²) in [4.78, 5) is 11.0. The summed E-state index contributed by atoms with van der Waals surface area (Å²) in [5.41, 5.74) is 0. The summed E-state index contributed by atoms with van der Waals surface area (Å²) in [5, 5.41) is 3.63.